The Morgan fingerprint density at radius 3 is 1.92 bits per heavy atom. The second-order valence-corrected chi connectivity index (χ2v) is 21.4. The number of fused-ring (bicyclic) bond motifs is 7. The fourth-order valence-corrected chi connectivity index (χ4v) is 14.4. The summed E-state index contributed by atoms with van der Waals surface area (Å²) in [5, 5.41) is 106. The molecule has 5 heterocycles. The van der Waals surface area contributed by atoms with Gasteiger partial charge in [-0.15, -0.1) is 0 Å². The SMILES string of the molecule is CC1CC[C@@]2(OC1)O[C@H]1C[C@H]3[C@@H]4CC[C@H]5C[C@@H](O[C@@H]6O[C@H](CO)[C@H](O[C@@H]7O[C@H](CO)[C@@H](O)[C@H](O)[C@H]7O[C@@H]7O[C@H](CO)[C@H](O)[C@H](O)[C@H]7O)[C@H](O)[C@H]6O)CC[C@]5(C)[C@H]4CC(=O)[C@]3(C)[C@H]1[C@@H]2C. The molecule has 366 valence electrons. The van der Waals surface area contributed by atoms with Crippen LogP contribution in [-0.4, -0.2) is 193 Å². The molecule has 0 radical (unpaired) electrons. The summed E-state index contributed by atoms with van der Waals surface area (Å²) in [7, 11) is 0. The van der Waals surface area contributed by atoms with Crippen LogP contribution in [0.1, 0.15) is 85.5 Å². The van der Waals surface area contributed by atoms with E-state index in [2.05, 4.69) is 27.7 Å². The highest BCUT2D eigenvalue weighted by atomic mass is 16.8. The fraction of sp³-hybridized carbons (Fsp3) is 0.978. The first-order chi connectivity index (χ1) is 30.4. The molecular weight excluding hydrogens is 844 g/mol. The Bertz CT molecular complexity index is 1650. The van der Waals surface area contributed by atoms with Gasteiger partial charge in [-0.05, 0) is 80.0 Å². The number of Topliss-reactive ketones (excluding diaryl/α,β-unsaturated/α-hetero) is 1. The molecule has 0 bridgehead atoms. The van der Waals surface area contributed by atoms with Gasteiger partial charge in [0.25, 0.3) is 0 Å². The molecule has 5 saturated heterocycles. The Morgan fingerprint density at radius 2 is 1.25 bits per heavy atom. The summed E-state index contributed by atoms with van der Waals surface area (Å²) < 4.78 is 48.7. The van der Waals surface area contributed by atoms with Crippen LogP contribution >= 0.6 is 0 Å². The number of ketones is 1. The summed E-state index contributed by atoms with van der Waals surface area (Å²) in [5.74, 6) is 1.65. The fourth-order valence-electron chi connectivity index (χ4n) is 14.4. The van der Waals surface area contributed by atoms with Gasteiger partial charge in [0.15, 0.2) is 24.7 Å². The van der Waals surface area contributed by atoms with Crippen LogP contribution in [0.5, 0.6) is 0 Å². The van der Waals surface area contributed by atoms with Gasteiger partial charge in [-0.3, -0.25) is 4.79 Å². The Hall–Kier alpha value is -1.05. The van der Waals surface area contributed by atoms with Crippen molar-refractivity contribution in [2.24, 2.45) is 52.3 Å². The van der Waals surface area contributed by atoms with Crippen molar-refractivity contribution < 1.29 is 93.8 Å². The minimum absolute atomic E-state index is 0.0132. The Morgan fingerprint density at radius 1 is 0.641 bits per heavy atom. The molecule has 9 rings (SSSR count). The molecule has 1 spiro atoms. The first-order valence-electron chi connectivity index (χ1n) is 23.8. The maximum atomic E-state index is 14.6. The van der Waals surface area contributed by atoms with Gasteiger partial charge >= 0.3 is 0 Å². The molecule has 0 aromatic rings. The van der Waals surface area contributed by atoms with Gasteiger partial charge in [0.1, 0.15) is 79.0 Å². The molecule has 4 saturated carbocycles. The van der Waals surface area contributed by atoms with Crippen molar-refractivity contribution in [1.29, 1.82) is 0 Å². The molecule has 9 fully saturated rings. The third-order valence-electron chi connectivity index (χ3n) is 18.2. The highest BCUT2D eigenvalue weighted by Gasteiger charge is 2.72. The molecule has 0 aromatic heterocycles. The minimum Gasteiger partial charge on any atom is -0.394 e. The van der Waals surface area contributed by atoms with E-state index >= 15 is 0 Å². The molecule has 19 heteroatoms. The summed E-state index contributed by atoms with van der Waals surface area (Å²) in [4.78, 5) is 14.6. The third kappa shape index (κ3) is 7.67. The molecule has 64 heavy (non-hydrogen) atoms. The molecule has 5 aliphatic heterocycles. The average Bonchev–Trinajstić information content (AvgIpc) is 3.73. The smallest absolute Gasteiger partial charge is 0.187 e. The van der Waals surface area contributed by atoms with Gasteiger partial charge in [-0.1, -0.05) is 27.7 Å². The normalized spacial score (nSPS) is 57.5. The average molecular weight is 917 g/mol. The summed E-state index contributed by atoms with van der Waals surface area (Å²) in [6.07, 6.45) is -17.9. The first-order valence-corrected chi connectivity index (χ1v) is 23.8. The highest BCUT2D eigenvalue weighted by Crippen LogP contribution is 2.70. The van der Waals surface area contributed by atoms with Crippen LogP contribution in [0.15, 0.2) is 0 Å². The lowest BCUT2D eigenvalue weighted by Gasteiger charge is -2.60. The number of carbonyl (C=O) groups excluding carboxylic acids is 1. The van der Waals surface area contributed by atoms with E-state index in [1.165, 1.54) is 0 Å². The van der Waals surface area contributed by atoms with Crippen molar-refractivity contribution in [2.75, 3.05) is 26.4 Å². The monoisotopic (exact) mass is 916 g/mol. The lowest BCUT2D eigenvalue weighted by molar-refractivity contribution is -0.390. The largest absolute Gasteiger partial charge is 0.394 e. The van der Waals surface area contributed by atoms with Gasteiger partial charge in [-0.25, -0.2) is 0 Å². The number of rotatable bonds is 9. The predicted octanol–water partition coefficient (Wildman–Crippen LogP) is -1.55. The van der Waals surface area contributed by atoms with Gasteiger partial charge in [0.2, 0.25) is 0 Å². The molecule has 0 amide bonds. The van der Waals surface area contributed by atoms with Crippen LogP contribution in [0.25, 0.3) is 0 Å². The second-order valence-electron chi connectivity index (χ2n) is 21.4. The number of carbonyl (C=O) groups is 1. The van der Waals surface area contributed by atoms with Crippen LogP contribution < -0.4 is 0 Å². The topological polar surface area (TPSA) is 293 Å². The summed E-state index contributed by atoms with van der Waals surface area (Å²) in [6, 6.07) is 0. The Balaban J connectivity index is 0.844. The van der Waals surface area contributed by atoms with Crippen molar-refractivity contribution in [3.63, 3.8) is 0 Å². The Kier molecular flexibility index (Phi) is 13.5. The van der Waals surface area contributed by atoms with Crippen molar-refractivity contribution in [1.82, 2.24) is 0 Å². The lowest BCUT2D eigenvalue weighted by Crippen LogP contribution is -2.67. The zero-order valence-electron chi connectivity index (χ0n) is 37.2. The van der Waals surface area contributed by atoms with Crippen molar-refractivity contribution in [3.8, 4) is 0 Å². The molecular formula is C45H72O19. The van der Waals surface area contributed by atoms with Gasteiger partial charge < -0.3 is 89.0 Å². The van der Waals surface area contributed by atoms with Crippen molar-refractivity contribution in [3.05, 3.63) is 0 Å². The molecule has 19 nitrogen and oxygen atoms in total. The Labute approximate surface area is 373 Å². The van der Waals surface area contributed by atoms with E-state index in [-0.39, 0.29) is 47.2 Å². The maximum absolute atomic E-state index is 14.6. The van der Waals surface area contributed by atoms with Crippen LogP contribution in [-0.2, 0) is 42.7 Å². The number of hydrogen-bond donors (Lipinski definition) is 10. The van der Waals surface area contributed by atoms with E-state index in [1.54, 1.807) is 0 Å². The minimum atomic E-state index is -1.90. The van der Waals surface area contributed by atoms with E-state index in [4.69, 9.17) is 37.9 Å². The maximum Gasteiger partial charge on any atom is 0.187 e. The van der Waals surface area contributed by atoms with E-state index in [9.17, 15) is 55.9 Å². The van der Waals surface area contributed by atoms with Gasteiger partial charge in [0, 0.05) is 30.1 Å². The molecule has 1 unspecified atom stereocenters. The molecule has 9 aliphatic rings. The molecule has 0 aromatic carbocycles. The molecule has 4 aliphatic carbocycles. The van der Waals surface area contributed by atoms with Gasteiger partial charge in [0.05, 0.1) is 38.6 Å². The third-order valence-corrected chi connectivity index (χ3v) is 18.2. The number of hydrogen-bond acceptors (Lipinski definition) is 19. The van der Waals surface area contributed by atoms with Crippen LogP contribution in [0.4, 0.5) is 0 Å². The predicted molar refractivity (Wildman–Crippen MR) is 216 cm³/mol. The molecule has 10 N–H and O–H groups in total. The van der Waals surface area contributed by atoms with Crippen LogP contribution in [0.2, 0.25) is 0 Å². The lowest BCUT2D eigenvalue weighted by atomic mass is 9.44. The quantitative estimate of drug-likeness (QED) is 0.117. The van der Waals surface area contributed by atoms with E-state index < -0.39 is 123 Å². The zero-order chi connectivity index (χ0) is 45.8. The highest BCUT2D eigenvalue weighted by molar-refractivity contribution is 5.87. The number of aliphatic hydroxyl groups excluding tert-OH is 10. The van der Waals surface area contributed by atoms with Gasteiger partial charge in [-0.2, -0.15) is 0 Å². The van der Waals surface area contributed by atoms with Crippen molar-refractivity contribution in [2.45, 2.75) is 196 Å². The van der Waals surface area contributed by atoms with Crippen molar-refractivity contribution >= 4 is 5.78 Å². The summed E-state index contributed by atoms with van der Waals surface area (Å²) >= 11 is 0. The molecule has 27 atom stereocenters. The van der Waals surface area contributed by atoms with E-state index in [1.807, 2.05) is 0 Å². The van der Waals surface area contributed by atoms with Crippen LogP contribution in [0, 0.1) is 52.3 Å². The van der Waals surface area contributed by atoms with E-state index in [0.29, 0.717) is 43.5 Å². The second kappa shape index (κ2) is 18.0. The number of aliphatic hydroxyl groups is 10. The summed E-state index contributed by atoms with van der Waals surface area (Å²) in [6.45, 7) is 7.40. The van der Waals surface area contributed by atoms with E-state index in [0.717, 1.165) is 38.5 Å². The zero-order valence-corrected chi connectivity index (χ0v) is 37.2. The first kappa shape index (κ1) is 48.0. The summed E-state index contributed by atoms with van der Waals surface area (Å²) in [5.41, 5.74) is -0.557. The van der Waals surface area contributed by atoms with Crippen LogP contribution in [0.3, 0.4) is 0 Å². The standard InChI is InChI=1S/C45H72O19/c1-18-7-10-45(57-17-18)19(2)30-25(64-45)12-24-22-6-5-20-11-21(8-9-43(20,3)23(22)13-29(49)44(24,30)4)58-40-37(56)35(54)38(28(16-48)61-40)62-42-39(34(53)32(51)27(15-47)60-42)63-41-36(55)33(52)31(50)26(14-46)59-41/h18-28,30-42,46-48,50-56H,5-17H2,1-4H3/t18?,19-,20-,21-,22+,23-,24-,25-,26+,27+,28+,30-,31-,32+,33-,34-,35+,36+,37+,38-,39+,40+,41-,42-,43-,44+,45+/m0/s1. The number of ether oxygens (including phenoxy) is 8.